The highest BCUT2D eigenvalue weighted by Gasteiger charge is 2.62. The van der Waals surface area contributed by atoms with E-state index in [0.29, 0.717) is 80.0 Å². The third-order valence-electron chi connectivity index (χ3n) is 11.5. The van der Waals surface area contributed by atoms with Gasteiger partial charge in [-0.1, -0.05) is 47.5 Å². The summed E-state index contributed by atoms with van der Waals surface area (Å²) in [4.78, 5) is 26.6. The average Bonchev–Trinajstić information content (AvgIpc) is 3.78. The summed E-state index contributed by atoms with van der Waals surface area (Å²) >= 11 is 12.9. The first-order valence-electron chi connectivity index (χ1n) is 18.8. The Balaban J connectivity index is 1.52. The van der Waals surface area contributed by atoms with Crippen LogP contribution in [0.4, 0.5) is 4.79 Å². The van der Waals surface area contributed by atoms with E-state index in [9.17, 15) is 16.8 Å². The Morgan fingerprint density at radius 1 is 0.964 bits per heavy atom. The number of aliphatic imine (C=N–C) groups is 1. The van der Waals surface area contributed by atoms with E-state index in [2.05, 4.69) is 4.90 Å². The number of benzene rings is 2. The predicted octanol–water partition coefficient (Wildman–Crippen LogP) is 6.14. The number of nitrogens with zero attached hydrogens (tertiary/aromatic N) is 5. The number of ether oxygens (including phenoxy) is 2. The fraction of sp³-hybridized carbons (Fsp3) is 0.538. The Labute approximate surface area is 335 Å². The molecule has 0 N–H and O–H groups in total. The minimum Gasteiger partial charge on any atom is -0.495 e. The molecular formula is C39H51Cl2N5O7S2. The van der Waals surface area contributed by atoms with E-state index in [0.717, 1.165) is 18.4 Å². The number of carbonyl (C=O) groups is 1. The van der Waals surface area contributed by atoms with Gasteiger partial charge in [0.1, 0.15) is 32.1 Å². The Morgan fingerprint density at radius 2 is 1.64 bits per heavy atom. The molecule has 300 valence electrons. The number of methoxy groups -OCH3 is 1. The first-order valence-corrected chi connectivity index (χ1v) is 23.0. The molecule has 2 aromatic rings. The second-order valence-electron chi connectivity index (χ2n) is 14.9. The van der Waals surface area contributed by atoms with Gasteiger partial charge in [0.25, 0.3) is 0 Å². The molecule has 2 saturated heterocycles. The maximum atomic E-state index is 15.4. The van der Waals surface area contributed by atoms with Crippen molar-refractivity contribution in [2.75, 3.05) is 71.5 Å². The van der Waals surface area contributed by atoms with Crippen molar-refractivity contribution in [2.24, 2.45) is 10.9 Å². The molecule has 1 unspecified atom stereocenters. The van der Waals surface area contributed by atoms with Crippen molar-refractivity contribution in [1.29, 1.82) is 0 Å². The molecule has 0 bridgehead atoms. The van der Waals surface area contributed by atoms with Crippen LogP contribution in [-0.2, 0) is 25.4 Å². The first kappa shape index (κ1) is 41.5. The lowest BCUT2D eigenvalue weighted by molar-refractivity contribution is 0.0754. The standard InChI is InChI=1S/C39H51Cl2N5O7S2/c1-6-53-33-27-34(52-4)35(55(50,51)45-19-7-8-20-45)26-32(33)36-42-38(2,28-10-14-30(40)15-11-28)39(3,29-12-16-31(41)17-13-29)46(36)37(47)44-23-21-43(22-24-44)18-9-25-54(5,48)49/h10,12-17,26-28H,6-9,11,18-25H2,1-5H3/t28?,38-,39+/m0/s1. The summed E-state index contributed by atoms with van der Waals surface area (Å²) in [5, 5.41) is 1.15. The van der Waals surface area contributed by atoms with Crippen LogP contribution >= 0.6 is 23.2 Å². The summed E-state index contributed by atoms with van der Waals surface area (Å²) < 4.78 is 65.4. The number of hydrogen-bond donors (Lipinski definition) is 0. The molecule has 2 amide bonds. The van der Waals surface area contributed by atoms with Crippen molar-refractivity contribution in [2.45, 2.75) is 62.4 Å². The van der Waals surface area contributed by atoms with Gasteiger partial charge in [0, 0.05) is 67.6 Å². The molecule has 0 radical (unpaired) electrons. The van der Waals surface area contributed by atoms with E-state index in [-0.39, 0.29) is 40.8 Å². The maximum Gasteiger partial charge on any atom is 0.326 e. The van der Waals surface area contributed by atoms with Gasteiger partial charge in [-0.15, -0.1) is 0 Å². The monoisotopic (exact) mass is 835 g/mol. The smallest absolute Gasteiger partial charge is 0.326 e. The third-order valence-corrected chi connectivity index (χ3v) is 15.0. The van der Waals surface area contributed by atoms with Crippen molar-refractivity contribution >= 4 is 54.9 Å². The average molecular weight is 837 g/mol. The van der Waals surface area contributed by atoms with Gasteiger partial charge in [-0.3, -0.25) is 14.8 Å². The van der Waals surface area contributed by atoms with Gasteiger partial charge in [-0.25, -0.2) is 21.6 Å². The van der Waals surface area contributed by atoms with Gasteiger partial charge in [0.05, 0.1) is 36.1 Å². The van der Waals surface area contributed by atoms with Crippen LogP contribution in [0.1, 0.15) is 57.6 Å². The first-order chi connectivity index (χ1) is 26.0. The molecule has 55 heavy (non-hydrogen) atoms. The second-order valence-corrected chi connectivity index (χ2v) is 20.0. The van der Waals surface area contributed by atoms with Crippen LogP contribution < -0.4 is 9.47 Å². The number of halogens is 2. The fourth-order valence-electron chi connectivity index (χ4n) is 8.20. The van der Waals surface area contributed by atoms with E-state index >= 15 is 4.79 Å². The number of amides is 2. The summed E-state index contributed by atoms with van der Waals surface area (Å²) in [6, 6.07) is 10.3. The maximum absolute atomic E-state index is 15.4. The molecule has 2 fully saturated rings. The number of allylic oxidation sites excluding steroid dienone is 3. The van der Waals surface area contributed by atoms with Gasteiger partial charge in [-0.05, 0) is 82.8 Å². The molecular weight excluding hydrogens is 785 g/mol. The normalized spacial score (nSPS) is 25.3. The van der Waals surface area contributed by atoms with Gasteiger partial charge in [-0.2, -0.15) is 4.31 Å². The van der Waals surface area contributed by atoms with Crippen LogP contribution in [0.25, 0.3) is 0 Å². The number of carbonyl (C=O) groups excluding carboxylic acids is 1. The van der Waals surface area contributed by atoms with E-state index < -0.39 is 30.9 Å². The molecule has 1 aliphatic carbocycles. The lowest BCUT2D eigenvalue weighted by Crippen LogP contribution is -2.62. The Kier molecular flexibility index (Phi) is 12.4. The molecule has 3 heterocycles. The summed E-state index contributed by atoms with van der Waals surface area (Å²) in [5.41, 5.74) is -1.01. The van der Waals surface area contributed by atoms with Gasteiger partial charge >= 0.3 is 6.03 Å². The van der Waals surface area contributed by atoms with Gasteiger partial charge in [0.2, 0.25) is 10.0 Å². The predicted molar refractivity (Wildman–Crippen MR) is 217 cm³/mol. The number of hydrogen-bond acceptors (Lipinski definition) is 9. The highest BCUT2D eigenvalue weighted by Crippen LogP contribution is 2.54. The molecule has 0 saturated carbocycles. The number of rotatable bonds is 12. The van der Waals surface area contributed by atoms with Gasteiger partial charge < -0.3 is 14.4 Å². The Hall–Kier alpha value is -3.14. The van der Waals surface area contributed by atoms with Crippen LogP contribution in [0.2, 0.25) is 5.02 Å². The molecule has 3 aliphatic heterocycles. The summed E-state index contributed by atoms with van der Waals surface area (Å²) in [7, 11) is -5.65. The van der Waals surface area contributed by atoms with Crippen molar-refractivity contribution in [3.63, 3.8) is 0 Å². The fourth-order valence-corrected chi connectivity index (χ4v) is 10.8. The summed E-state index contributed by atoms with van der Waals surface area (Å²) in [5.74, 6) is 0.626. The number of sulfonamides is 1. The molecule has 3 atom stereocenters. The van der Waals surface area contributed by atoms with Crippen LogP contribution in [0.5, 0.6) is 11.5 Å². The zero-order valence-corrected chi connectivity index (χ0v) is 35.3. The zero-order chi connectivity index (χ0) is 39.8. The summed E-state index contributed by atoms with van der Waals surface area (Å²) in [6.45, 7) is 9.45. The van der Waals surface area contributed by atoms with Crippen molar-refractivity contribution in [1.82, 2.24) is 19.0 Å². The molecule has 2 aromatic carbocycles. The molecule has 4 aliphatic rings. The van der Waals surface area contributed by atoms with E-state index in [1.807, 2.05) is 51.1 Å². The largest absolute Gasteiger partial charge is 0.495 e. The van der Waals surface area contributed by atoms with E-state index in [1.165, 1.54) is 17.7 Å². The SMILES string of the molecule is CCOc1cc(OC)c(S(=O)(=O)N2CCCC2)cc1C1=N[C@@](C)(C2C=CC(Cl)=CC2)[C@@](C)(c2ccc(Cl)cc2)N1C(=O)N1CCN(CCCS(C)(=O)=O)CC1. The Bertz CT molecular complexity index is 2080. The highest BCUT2D eigenvalue weighted by molar-refractivity contribution is 7.90. The van der Waals surface area contributed by atoms with Crippen LogP contribution in [0.15, 0.2) is 69.5 Å². The number of amidine groups is 1. The van der Waals surface area contributed by atoms with Crippen LogP contribution in [0, 0.1) is 5.92 Å². The molecule has 0 aromatic heterocycles. The highest BCUT2D eigenvalue weighted by atomic mass is 35.5. The van der Waals surface area contributed by atoms with Crippen molar-refractivity contribution < 1.29 is 31.1 Å². The third kappa shape index (κ3) is 8.18. The van der Waals surface area contributed by atoms with E-state index in [4.69, 9.17) is 37.7 Å². The summed E-state index contributed by atoms with van der Waals surface area (Å²) in [6.07, 6.45) is 9.65. The zero-order valence-electron chi connectivity index (χ0n) is 32.1. The topological polar surface area (TPSA) is 129 Å². The van der Waals surface area contributed by atoms with Crippen LogP contribution in [0.3, 0.4) is 0 Å². The van der Waals surface area contributed by atoms with Crippen molar-refractivity contribution in [3.05, 3.63) is 75.8 Å². The second kappa shape index (κ2) is 16.4. The van der Waals surface area contributed by atoms with E-state index in [1.54, 1.807) is 34.1 Å². The lowest BCUT2D eigenvalue weighted by atomic mass is 9.66. The molecule has 6 rings (SSSR count). The molecule has 0 spiro atoms. The molecule has 12 nitrogen and oxygen atoms in total. The van der Waals surface area contributed by atoms with Crippen LogP contribution in [-0.4, -0.2) is 125 Å². The quantitative estimate of drug-likeness (QED) is 0.250. The lowest BCUT2D eigenvalue weighted by Gasteiger charge is -2.49. The molecule has 16 heteroatoms. The Morgan fingerprint density at radius 3 is 2.22 bits per heavy atom. The van der Waals surface area contributed by atoms with Gasteiger partial charge in [0.15, 0.2) is 0 Å². The number of urea groups is 1. The number of piperazine rings is 1. The number of sulfone groups is 1. The van der Waals surface area contributed by atoms with Crippen molar-refractivity contribution in [3.8, 4) is 11.5 Å². The minimum absolute atomic E-state index is 0.0257. The minimum atomic E-state index is -4.00.